The van der Waals surface area contributed by atoms with E-state index in [1.165, 1.54) is 0 Å². The summed E-state index contributed by atoms with van der Waals surface area (Å²) in [5, 5.41) is 14.2. The zero-order valence-corrected chi connectivity index (χ0v) is 12.6. The quantitative estimate of drug-likeness (QED) is 0.901. The molecule has 2 N–H and O–H groups in total. The van der Waals surface area contributed by atoms with Gasteiger partial charge in [-0.25, -0.2) is 4.79 Å². The summed E-state index contributed by atoms with van der Waals surface area (Å²) in [6.07, 6.45) is 1.34. The lowest BCUT2D eigenvalue weighted by Gasteiger charge is -2.37. The van der Waals surface area contributed by atoms with Crippen LogP contribution in [0.15, 0.2) is 17.5 Å². The summed E-state index contributed by atoms with van der Waals surface area (Å²) in [5.41, 5.74) is -0.832. The Morgan fingerprint density at radius 2 is 2.30 bits per heavy atom. The molecule has 5 nitrogen and oxygen atoms in total. The van der Waals surface area contributed by atoms with Crippen LogP contribution in [-0.4, -0.2) is 35.1 Å². The van der Waals surface area contributed by atoms with Crippen molar-refractivity contribution in [2.24, 2.45) is 5.41 Å². The smallest absolute Gasteiger partial charge is 0.317 e. The molecule has 0 bridgehead atoms. The van der Waals surface area contributed by atoms with Crippen molar-refractivity contribution in [3.63, 3.8) is 0 Å². The fraction of sp³-hybridized carbons (Fsp3) is 0.571. The van der Waals surface area contributed by atoms with Crippen molar-refractivity contribution in [3.8, 4) is 0 Å². The van der Waals surface area contributed by atoms with Gasteiger partial charge in [0.05, 0.1) is 11.5 Å². The van der Waals surface area contributed by atoms with Gasteiger partial charge in [0.15, 0.2) is 0 Å². The lowest BCUT2D eigenvalue weighted by Crippen LogP contribution is -2.51. The van der Waals surface area contributed by atoms with E-state index in [0.717, 1.165) is 11.3 Å². The molecule has 1 aliphatic rings. The Balaban J connectivity index is 1.97. The van der Waals surface area contributed by atoms with Gasteiger partial charge in [0.25, 0.3) is 0 Å². The fourth-order valence-corrected chi connectivity index (χ4v) is 3.21. The maximum absolute atomic E-state index is 12.2. The Kier molecular flexibility index (Phi) is 4.32. The third kappa shape index (κ3) is 3.12. The van der Waals surface area contributed by atoms with Gasteiger partial charge in [-0.15, -0.1) is 11.3 Å². The van der Waals surface area contributed by atoms with Gasteiger partial charge in [-0.1, -0.05) is 6.07 Å². The molecule has 1 aromatic rings. The fourth-order valence-electron chi connectivity index (χ4n) is 2.47. The van der Waals surface area contributed by atoms with Crippen molar-refractivity contribution in [1.82, 2.24) is 10.2 Å². The molecule has 1 saturated heterocycles. The topological polar surface area (TPSA) is 69.6 Å². The molecule has 0 aromatic carbocycles. The number of aliphatic carboxylic acids is 1. The number of piperidine rings is 1. The summed E-state index contributed by atoms with van der Waals surface area (Å²) >= 11 is 1.60. The highest BCUT2D eigenvalue weighted by atomic mass is 32.1. The molecule has 2 amide bonds. The van der Waals surface area contributed by atoms with Crippen molar-refractivity contribution in [2.75, 3.05) is 13.1 Å². The number of nitrogens with one attached hydrogen (secondary N) is 1. The van der Waals surface area contributed by atoms with Gasteiger partial charge >= 0.3 is 12.0 Å². The van der Waals surface area contributed by atoms with E-state index in [2.05, 4.69) is 5.32 Å². The van der Waals surface area contributed by atoms with Crippen LogP contribution >= 0.6 is 11.3 Å². The number of carboxylic acids is 1. The summed E-state index contributed by atoms with van der Waals surface area (Å²) < 4.78 is 0. The highest BCUT2D eigenvalue weighted by Gasteiger charge is 2.39. The number of carbonyl (C=O) groups excluding carboxylic acids is 1. The second kappa shape index (κ2) is 5.83. The summed E-state index contributed by atoms with van der Waals surface area (Å²) in [6.45, 7) is 4.53. The number of rotatable bonds is 3. The standard InChI is InChI=1S/C14H20N2O3S/c1-10(11-5-3-8-20-11)15-13(19)16-7-4-6-14(2,9-16)12(17)18/h3,5,8,10H,4,6-7,9H2,1-2H3,(H,15,19)(H,17,18). The summed E-state index contributed by atoms with van der Waals surface area (Å²) in [7, 11) is 0. The maximum Gasteiger partial charge on any atom is 0.317 e. The first-order valence-electron chi connectivity index (χ1n) is 6.74. The van der Waals surface area contributed by atoms with E-state index in [9.17, 15) is 14.7 Å². The maximum atomic E-state index is 12.2. The number of carboxylic acid groups (broad SMARTS) is 1. The average Bonchev–Trinajstić information content (AvgIpc) is 2.92. The highest BCUT2D eigenvalue weighted by Crippen LogP contribution is 2.30. The number of thiophene rings is 1. The van der Waals surface area contributed by atoms with Crippen LogP contribution in [0.4, 0.5) is 4.79 Å². The molecule has 1 fully saturated rings. The number of carbonyl (C=O) groups is 2. The van der Waals surface area contributed by atoms with Gasteiger partial charge in [-0.3, -0.25) is 4.79 Å². The number of amides is 2. The number of hydrogen-bond donors (Lipinski definition) is 2. The number of urea groups is 1. The molecule has 0 radical (unpaired) electrons. The SMILES string of the molecule is CC(NC(=O)N1CCCC(C)(C(=O)O)C1)c1cccs1. The zero-order chi connectivity index (χ0) is 14.8. The Hall–Kier alpha value is -1.56. The van der Waals surface area contributed by atoms with Crippen LogP contribution in [0.3, 0.4) is 0 Å². The minimum atomic E-state index is -0.832. The van der Waals surface area contributed by atoms with Crippen molar-refractivity contribution in [3.05, 3.63) is 22.4 Å². The van der Waals surface area contributed by atoms with Crippen LogP contribution in [0.5, 0.6) is 0 Å². The Bertz CT molecular complexity index is 489. The van der Waals surface area contributed by atoms with Crippen molar-refractivity contribution in [1.29, 1.82) is 0 Å². The van der Waals surface area contributed by atoms with E-state index < -0.39 is 11.4 Å². The van der Waals surface area contributed by atoms with Crippen LogP contribution < -0.4 is 5.32 Å². The normalized spacial score (nSPS) is 24.2. The van der Waals surface area contributed by atoms with E-state index in [1.807, 2.05) is 24.4 Å². The lowest BCUT2D eigenvalue weighted by molar-refractivity contribution is -0.150. The second-order valence-electron chi connectivity index (χ2n) is 5.58. The van der Waals surface area contributed by atoms with Gasteiger partial charge in [-0.2, -0.15) is 0 Å². The number of hydrogen-bond acceptors (Lipinski definition) is 3. The molecule has 2 unspecified atom stereocenters. The molecule has 1 aromatic heterocycles. The van der Waals surface area contributed by atoms with Crippen molar-refractivity contribution in [2.45, 2.75) is 32.7 Å². The summed E-state index contributed by atoms with van der Waals surface area (Å²) in [4.78, 5) is 26.2. The third-order valence-corrected chi connectivity index (χ3v) is 4.86. The minimum Gasteiger partial charge on any atom is -0.481 e. The molecular weight excluding hydrogens is 276 g/mol. The monoisotopic (exact) mass is 296 g/mol. The molecule has 2 heterocycles. The number of nitrogens with zero attached hydrogens (tertiary/aromatic N) is 1. The zero-order valence-electron chi connectivity index (χ0n) is 11.8. The van der Waals surface area contributed by atoms with Crippen LogP contribution in [0.25, 0.3) is 0 Å². The highest BCUT2D eigenvalue weighted by molar-refractivity contribution is 7.10. The molecule has 20 heavy (non-hydrogen) atoms. The van der Waals surface area contributed by atoms with E-state index >= 15 is 0 Å². The van der Waals surface area contributed by atoms with Crippen LogP contribution in [-0.2, 0) is 4.79 Å². The van der Waals surface area contributed by atoms with Gasteiger partial charge in [0.1, 0.15) is 0 Å². The number of likely N-dealkylation sites (tertiary alicyclic amines) is 1. The summed E-state index contributed by atoms with van der Waals surface area (Å²) in [6, 6.07) is 3.69. The van der Waals surface area contributed by atoms with Gasteiger partial charge < -0.3 is 15.3 Å². The largest absolute Gasteiger partial charge is 0.481 e. The van der Waals surface area contributed by atoms with E-state index in [4.69, 9.17) is 0 Å². The molecule has 1 aliphatic heterocycles. The van der Waals surface area contributed by atoms with Gasteiger partial charge in [-0.05, 0) is 38.1 Å². The van der Waals surface area contributed by atoms with Gasteiger partial charge in [0, 0.05) is 18.0 Å². The molecular formula is C14H20N2O3S. The molecule has 2 atom stereocenters. The predicted octanol–water partition coefficient (Wildman–Crippen LogP) is 2.71. The van der Waals surface area contributed by atoms with E-state index in [-0.39, 0.29) is 18.6 Å². The van der Waals surface area contributed by atoms with Crippen molar-refractivity contribution >= 4 is 23.3 Å². The van der Waals surface area contributed by atoms with Gasteiger partial charge in [0.2, 0.25) is 0 Å². The summed E-state index contributed by atoms with van der Waals surface area (Å²) in [5.74, 6) is -0.832. The van der Waals surface area contributed by atoms with Crippen LogP contribution in [0.1, 0.15) is 37.6 Å². The second-order valence-corrected chi connectivity index (χ2v) is 6.56. The molecule has 110 valence electrons. The molecule has 0 spiro atoms. The van der Waals surface area contributed by atoms with Crippen LogP contribution in [0.2, 0.25) is 0 Å². The first kappa shape index (κ1) is 14.8. The van der Waals surface area contributed by atoms with Crippen LogP contribution in [0, 0.1) is 5.41 Å². The lowest BCUT2D eigenvalue weighted by atomic mass is 9.82. The van der Waals surface area contributed by atoms with E-state index in [0.29, 0.717) is 13.0 Å². The Labute approximate surface area is 122 Å². The Morgan fingerprint density at radius 1 is 1.55 bits per heavy atom. The molecule has 0 saturated carbocycles. The first-order chi connectivity index (χ1) is 9.42. The Morgan fingerprint density at radius 3 is 2.90 bits per heavy atom. The molecule has 6 heteroatoms. The molecule has 0 aliphatic carbocycles. The minimum absolute atomic E-state index is 0.0551. The van der Waals surface area contributed by atoms with Crippen molar-refractivity contribution < 1.29 is 14.7 Å². The van der Waals surface area contributed by atoms with E-state index in [1.54, 1.807) is 23.2 Å². The molecule has 2 rings (SSSR count). The third-order valence-electron chi connectivity index (χ3n) is 3.81. The average molecular weight is 296 g/mol. The first-order valence-corrected chi connectivity index (χ1v) is 7.62. The predicted molar refractivity (Wildman–Crippen MR) is 77.8 cm³/mol.